The summed E-state index contributed by atoms with van der Waals surface area (Å²) in [5.74, 6) is -6.40. The van der Waals surface area contributed by atoms with Crippen LogP contribution in [0.1, 0.15) is 38.2 Å². The van der Waals surface area contributed by atoms with Crippen LogP contribution in [0.3, 0.4) is 0 Å². The summed E-state index contributed by atoms with van der Waals surface area (Å²) in [5, 5.41) is 24.3. The number of benzene rings is 1. The van der Waals surface area contributed by atoms with Crippen LogP contribution in [-0.2, 0) is 6.54 Å². The molecular weight excluding hydrogens is 409 g/mol. The Hall–Kier alpha value is -3.54. The minimum Gasteiger partial charge on any atom is -0.502 e. The normalized spacial score (nSPS) is 17.4. The number of rotatable bonds is 3. The van der Waals surface area contributed by atoms with E-state index in [-0.39, 0.29) is 18.9 Å². The lowest BCUT2D eigenvalue weighted by molar-refractivity contribution is 0.0735. The molecular formula is C18H15F3N4O5. The summed E-state index contributed by atoms with van der Waals surface area (Å²) in [7, 11) is 1.44. The van der Waals surface area contributed by atoms with Crippen molar-refractivity contribution in [3.8, 4) is 5.75 Å². The number of amides is 2. The molecule has 0 radical (unpaired) electrons. The van der Waals surface area contributed by atoms with Crippen LogP contribution < -0.4 is 15.8 Å². The third-order valence-corrected chi connectivity index (χ3v) is 5.03. The van der Waals surface area contributed by atoms with Gasteiger partial charge in [-0.3, -0.25) is 19.4 Å². The Bertz CT molecular complexity index is 1140. The number of hydrogen-bond donors (Lipinski definition) is 3. The fourth-order valence-corrected chi connectivity index (χ4v) is 3.66. The van der Waals surface area contributed by atoms with Crippen LogP contribution in [0.4, 0.5) is 13.2 Å². The van der Waals surface area contributed by atoms with E-state index in [2.05, 4.69) is 5.32 Å². The van der Waals surface area contributed by atoms with E-state index in [1.807, 2.05) is 0 Å². The van der Waals surface area contributed by atoms with E-state index in [1.54, 1.807) is 0 Å². The molecule has 9 nitrogen and oxygen atoms in total. The molecule has 4 rings (SSSR count). The van der Waals surface area contributed by atoms with E-state index < -0.39 is 69.9 Å². The van der Waals surface area contributed by atoms with Gasteiger partial charge in [0.1, 0.15) is 35.8 Å². The van der Waals surface area contributed by atoms with Crippen molar-refractivity contribution in [3.63, 3.8) is 0 Å². The number of aromatic hydroxyl groups is 1. The van der Waals surface area contributed by atoms with Crippen molar-refractivity contribution >= 4 is 11.8 Å². The zero-order chi connectivity index (χ0) is 21.9. The number of aliphatic hydroxyl groups excluding tert-OH is 1. The second-order valence-corrected chi connectivity index (χ2v) is 6.98. The van der Waals surface area contributed by atoms with Crippen LogP contribution >= 0.6 is 0 Å². The number of nitrogens with zero attached hydrogens (tertiary/aromatic N) is 3. The Balaban J connectivity index is 1.76. The molecule has 3 N–H and O–H groups in total. The highest BCUT2D eigenvalue weighted by atomic mass is 19.1. The number of halogens is 3. The highest BCUT2D eigenvalue weighted by molar-refractivity contribution is 6.00. The number of aromatic nitrogens is 1. The zero-order valence-electron chi connectivity index (χ0n) is 15.4. The van der Waals surface area contributed by atoms with Gasteiger partial charge in [0.15, 0.2) is 11.4 Å². The van der Waals surface area contributed by atoms with Crippen LogP contribution in [0.15, 0.2) is 16.9 Å². The highest BCUT2D eigenvalue weighted by Crippen LogP contribution is 2.32. The predicted molar refractivity (Wildman–Crippen MR) is 94.9 cm³/mol. The van der Waals surface area contributed by atoms with Crippen molar-refractivity contribution in [2.75, 3.05) is 25.3 Å². The van der Waals surface area contributed by atoms with E-state index in [4.69, 9.17) is 0 Å². The second-order valence-electron chi connectivity index (χ2n) is 6.98. The molecule has 1 unspecified atom stereocenters. The van der Waals surface area contributed by atoms with E-state index in [0.717, 1.165) is 4.68 Å². The van der Waals surface area contributed by atoms with Gasteiger partial charge in [-0.15, -0.1) is 0 Å². The summed E-state index contributed by atoms with van der Waals surface area (Å²) in [4.78, 5) is 38.9. The molecule has 30 heavy (non-hydrogen) atoms. The highest BCUT2D eigenvalue weighted by Gasteiger charge is 2.42. The monoisotopic (exact) mass is 424 g/mol. The van der Waals surface area contributed by atoms with Crippen molar-refractivity contribution < 1.29 is 33.0 Å². The molecule has 12 heteroatoms. The molecule has 0 aliphatic carbocycles. The minimum atomic E-state index is -1.34. The average molecular weight is 424 g/mol. The molecule has 0 fully saturated rings. The van der Waals surface area contributed by atoms with Gasteiger partial charge < -0.3 is 20.4 Å². The third-order valence-electron chi connectivity index (χ3n) is 5.03. The van der Waals surface area contributed by atoms with E-state index in [9.17, 15) is 37.8 Å². The van der Waals surface area contributed by atoms with Gasteiger partial charge in [0.25, 0.3) is 11.8 Å². The molecule has 2 aliphatic heterocycles. The summed E-state index contributed by atoms with van der Waals surface area (Å²) in [6, 6.07) is 0.876. The molecule has 3 heterocycles. The summed E-state index contributed by atoms with van der Waals surface area (Å²) in [5.41, 5.74) is -3.12. The van der Waals surface area contributed by atoms with Crippen LogP contribution in [-0.4, -0.2) is 51.9 Å². The van der Waals surface area contributed by atoms with Gasteiger partial charge >= 0.3 is 0 Å². The maximum absolute atomic E-state index is 13.8. The number of hydrogen-bond acceptors (Lipinski definition) is 6. The lowest BCUT2D eigenvalue weighted by Gasteiger charge is -2.35. The van der Waals surface area contributed by atoms with Gasteiger partial charge in [-0.25, -0.2) is 17.8 Å². The fourth-order valence-electron chi connectivity index (χ4n) is 3.66. The second kappa shape index (κ2) is 6.76. The largest absolute Gasteiger partial charge is 0.502 e. The Morgan fingerprint density at radius 2 is 1.87 bits per heavy atom. The molecule has 0 saturated carbocycles. The Morgan fingerprint density at radius 1 is 1.23 bits per heavy atom. The maximum atomic E-state index is 13.8. The van der Waals surface area contributed by atoms with Crippen molar-refractivity contribution in [1.29, 1.82) is 0 Å². The van der Waals surface area contributed by atoms with E-state index in [0.29, 0.717) is 12.1 Å². The van der Waals surface area contributed by atoms with Crippen LogP contribution in [0.25, 0.3) is 0 Å². The molecule has 0 saturated heterocycles. The number of carbonyl (C=O) groups excluding carboxylic acids is 2. The molecule has 2 aliphatic rings. The van der Waals surface area contributed by atoms with Crippen molar-refractivity contribution in [1.82, 2.24) is 14.9 Å². The molecule has 1 aromatic carbocycles. The van der Waals surface area contributed by atoms with Gasteiger partial charge in [0.05, 0.1) is 12.2 Å². The quantitative estimate of drug-likeness (QED) is 0.636. The summed E-state index contributed by atoms with van der Waals surface area (Å²) < 4.78 is 41.7. The zero-order valence-corrected chi connectivity index (χ0v) is 15.4. The first-order chi connectivity index (χ1) is 14.1. The van der Waals surface area contributed by atoms with Crippen LogP contribution in [0.5, 0.6) is 5.75 Å². The lowest BCUT2D eigenvalue weighted by Crippen LogP contribution is -2.51. The Labute approximate surface area is 166 Å². The molecule has 2 aromatic rings. The fraction of sp³-hybridized carbons (Fsp3) is 0.278. The van der Waals surface area contributed by atoms with E-state index >= 15 is 0 Å². The van der Waals surface area contributed by atoms with Gasteiger partial charge in [0.2, 0.25) is 5.43 Å². The first kappa shape index (κ1) is 19.8. The number of aliphatic hydroxyl groups is 1. The summed E-state index contributed by atoms with van der Waals surface area (Å²) in [6.07, 6.45) is -1.34. The molecule has 158 valence electrons. The van der Waals surface area contributed by atoms with Gasteiger partial charge in [0, 0.05) is 31.3 Å². The molecule has 1 atom stereocenters. The standard InChI is InChI=1S/C18H15F3N4O5/c1-23-6-24-5-11(26)13-12(15(27)16(28)14(18(23)30)25(13)24)17(29)22-4-8-9(20)2-7(19)3-10(8)21/h2-3,11,26,28H,4-6H2,1H3,(H,22,29). The van der Waals surface area contributed by atoms with Crippen molar-refractivity contribution in [3.05, 3.63) is 62.3 Å². The van der Waals surface area contributed by atoms with Gasteiger partial charge in [-0.05, 0) is 0 Å². The van der Waals surface area contributed by atoms with Crippen molar-refractivity contribution in [2.45, 2.75) is 12.6 Å². The maximum Gasteiger partial charge on any atom is 0.277 e. The third kappa shape index (κ3) is 2.79. The summed E-state index contributed by atoms with van der Waals surface area (Å²) >= 11 is 0. The van der Waals surface area contributed by atoms with Crippen LogP contribution in [0, 0.1) is 17.5 Å². The van der Waals surface area contributed by atoms with E-state index in [1.165, 1.54) is 17.0 Å². The first-order valence-electron chi connectivity index (χ1n) is 8.74. The molecule has 0 spiro atoms. The molecule has 1 aromatic heterocycles. The topological polar surface area (TPSA) is 115 Å². The smallest absolute Gasteiger partial charge is 0.277 e. The molecule has 2 amide bonds. The Kier molecular flexibility index (Phi) is 4.45. The lowest BCUT2D eigenvalue weighted by atomic mass is 10.1. The minimum absolute atomic E-state index is 0.0330. The molecule has 0 bridgehead atoms. The SMILES string of the molecule is CN1CN2CC(O)c3c(C(=O)NCc4c(F)cc(F)cc4F)c(=O)c(O)c(n32)C1=O. The first-order valence-corrected chi connectivity index (χ1v) is 8.74. The number of pyridine rings is 1. The summed E-state index contributed by atoms with van der Waals surface area (Å²) in [6.45, 7) is -0.750. The number of carbonyl (C=O) groups is 2. The van der Waals surface area contributed by atoms with Crippen LogP contribution in [0.2, 0.25) is 0 Å². The predicted octanol–water partition coefficient (Wildman–Crippen LogP) is -0.0707. The van der Waals surface area contributed by atoms with Gasteiger partial charge in [-0.1, -0.05) is 0 Å². The van der Waals surface area contributed by atoms with Crippen molar-refractivity contribution in [2.24, 2.45) is 0 Å². The average Bonchev–Trinajstić information content (AvgIpc) is 2.96. The Morgan fingerprint density at radius 3 is 2.50 bits per heavy atom. The number of nitrogens with one attached hydrogen (secondary N) is 1. The van der Waals surface area contributed by atoms with Gasteiger partial charge in [-0.2, -0.15) is 0 Å².